The van der Waals surface area contributed by atoms with Crippen molar-refractivity contribution in [3.8, 4) is 40.2 Å². The molecule has 0 amide bonds. The Bertz CT molecular complexity index is 3000. The monoisotopic (exact) mass is 722 g/mol. The third kappa shape index (κ3) is 4.70. The maximum Gasteiger partial charge on any atom is 0.165 e. The van der Waals surface area contributed by atoms with Crippen LogP contribution in [0.15, 0.2) is 140 Å². The van der Waals surface area contributed by atoms with Gasteiger partial charge in [-0.3, -0.25) is 0 Å². The Balaban J connectivity index is 1.09. The Morgan fingerprint density at radius 2 is 1.07 bits per heavy atom. The molecule has 4 aliphatic carbocycles. The van der Waals surface area contributed by atoms with Gasteiger partial charge in [0.1, 0.15) is 5.82 Å². The third-order valence-electron chi connectivity index (χ3n) is 13.3. The first-order valence-corrected chi connectivity index (χ1v) is 20.0. The van der Waals surface area contributed by atoms with Gasteiger partial charge in [-0.2, -0.15) is 5.26 Å². The number of nitrogens with zero attached hydrogens (tertiary/aromatic N) is 6. The van der Waals surface area contributed by atoms with Crippen LogP contribution >= 0.6 is 0 Å². The minimum atomic E-state index is -0.0287. The normalized spacial score (nSPS) is 21.4. The van der Waals surface area contributed by atoms with Gasteiger partial charge in [-0.1, -0.05) is 84.9 Å². The van der Waals surface area contributed by atoms with Gasteiger partial charge in [0.15, 0.2) is 11.6 Å². The van der Waals surface area contributed by atoms with Gasteiger partial charge in [0.05, 0.1) is 39.4 Å². The number of para-hydroxylation sites is 3. The molecule has 3 heterocycles. The molecule has 4 saturated carbocycles. The number of hydrogen-bond acceptors (Lipinski definition) is 4. The zero-order valence-electron chi connectivity index (χ0n) is 30.9. The van der Waals surface area contributed by atoms with Crippen LogP contribution in [-0.4, -0.2) is 24.1 Å². The van der Waals surface area contributed by atoms with E-state index in [1.807, 2.05) is 18.2 Å². The summed E-state index contributed by atoms with van der Waals surface area (Å²) < 4.78 is 4.72. The van der Waals surface area contributed by atoms with Crippen molar-refractivity contribution in [3.05, 3.63) is 151 Å². The van der Waals surface area contributed by atoms with Crippen LogP contribution in [0.3, 0.4) is 0 Å². The van der Waals surface area contributed by atoms with Crippen molar-refractivity contribution in [2.75, 3.05) is 0 Å². The van der Waals surface area contributed by atoms with Gasteiger partial charge in [0.2, 0.25) is 0 Å². The molecular weight excluding hydrogens is 685 g/mol. The lowest BCUT2D eigenvalue weighted by Gasteiger charge is -2.56. The molecule has 4 aliphatic rings. The molecule has 6 nitrogen and oxygen atoms in total. The van der Waals surface area contributed by atoms with Crippen molar-refractivity contribution in [1.29, 1.82) is 5.26 Å². The highest BCUT2D eigenvalue weighted by molar-refractivity contribution is 6.12. The Labute approximate surface area is 324 Å². The van der Waals surface area contributed by atoms with E-state index in [4.69, 9.17) is 15.0 Å². The summed E-state index contributed by atoms with van der Waals surface area (Å²) in [5.41, 5.74) is 8.97. The second-order valence-corrected chi connectivity index (χ2v) is 16.6. The summed E-state index contributed by atoms with van der Waals surface area (Å²) in [4.78, 5) is 16.1. The first kappa shape index (κ1) is 31.7. The number of aromatic nitrogens is 5. The lowest BCUT2D eigenvalue weighted by molar-refractivity contribution is -0.00938. The molecule has 13 rings (SSSR count). The summed E-state index contributed by atoms with van der Waals surface area (Å²) >= 11 is 0. The van der Waals surface area contributed by atoms with Crippen LogP contribution in [0, 0.1) is 29.1 Å². The molecule has 0 radical (unpaired) electrons. The first-order valence-electron chi connectivity index (χ1n) is 20.0. The van der Waals surface area contributed by atoms with E-state index in [1.54, 1.807) is 0 Å². The van der Waals surface area contributed by atoms with Gasteiger partial charge in [0, 0.05) is 43.8 Å². The third-order valence-corrected chi connectivity index (χ3v) is 13.3. The van der Waals surface area contributed by atoms with Crippen LogP contribution in [0.1, 0.15) is 49.9 Å². The molecule has 4 bridgehead atoms. The molecule has 4 fully saturated rings. The highest BCUT2D eigenvalue weighted by atomic mass is 15.1. The van der Waals surface area contributed by atoms with E-state index in [-0.39, 0.29) is 5.41 Å². The van der Waals surface area contributed by atoms with Crippen LogP contribution < -0.4 is 0 Å². The van der Waals surface area contributed by atoms with Gasteiger partial charge in [-0.15, -0.1) is 0 Å². The van der Waals surface area contributed by atoms with Gasteiger partial charge in [0.25, 0.3) is 0 Å². The van der Waals surface area contributed by atoms with Crippen LogP contribution in [0.25, 0.3) is 77.8 Å². The molecular formula is C50H38N6. The van der Waals surface area contributed by atoms with Crippen LogP contribution in [-0.2, 0) is 5.41 Å². The van der Waals surface area contributed by atoms with E-state index in [0.717, 1.165) is 87.1 Å². The van der Waals surface area contributed by atoms with Gasteiger partial charge in [-0.05, 0) is 111 Å². The highest BCUT2D eigenvalue weighted by Gasteiger charge is 2.53. The zero-order chi connectivity index (χ0) is 37.0. The second kappa shape index (κ2) is 12.0. The van der Waals surface area contributed by atoms with Crippen molar-refractivity contribution in [2.45, 2.75) is 43.9 Å². The molecule has 56 heavy (non-hydrogen) atoms. The summed E-state index contributed by atoms with van der Waals surface area (Å²) in [6, 6.07) is 51.5. The molecule has 268 valence electrons. The Morgan fingerprint density at radius 1 is 0.518 bits per heavy atom. The number of rotatable bonds is 5. The minimum Gasteiger partial charge on any atom is -0.309 e. The van der Waals surface area contributed by atoms with Crippen molar-refractivity contribution in [2.24, 2.45) is 17.8 Å². The van der Waals surface area contributed by atoms with E-state index in [2.05, 4.69) is 137 Å². The summed E-state index contributed by atoms with van der Waals surface area (Å²) in [6.45, 7) is 0. The van der Waals surface area contributed by atoms with Crippen molar-refractivity contribution in [3.63, 3.8) is 0 Å². The van der Waals surface area contributed by atoms with Crippen LogP contribution in [0.2, 0.25) is 0 Å². The zero-order valence-corrected chi connectivity index (χ0v) is 30.9. The fraction of sp³-hybridized carbons (Fsp3) is 0.200. The summed E-state index contributed by atoms with van der Waals surface area (Å²) in [7, 11) is 0. The molecule has 9 aromatic rings. The molecule has 0 saturated heterocycles. The average Bonchev–Trinajstić information content (AvgIpc) is 3.76. The van der Waals surface area contributed by atoms with E-state index < -0.39 is 0 Å². The van der Waals surface area contributed by atoms with E-state index in [0.29, 0.717) is 17.2 Å². The first-order chi connectivity index (χ1) is 27.6. The average molecular weight is 723 g/mol. The molecule has 0 spiro atoms. The summed E-state index contributed by atoms with van der Waals surface area (Å²) in [5, 5.41) is 15.1. The maximum atomic E-state index is 10.3. The standard InChI is InChI=1S/C50H38N6/c51-30-31-18-20-46(41(25-31)48-52-47(35-10-2-1-3-11-35)53-49(54-48)50-27-32-22-33(28-50)24-34(23-32)29-50)56-44-17-9-6-14-39(44)40-26-36(19-21-45(40)56)55-42-15-7-4-12-37(42)38-13-5-8-16-43(38)55/h1-21,25-26,32-34H,22-24,27-29H2. The van der Waals surface area contributed by atoms with Crippen molar-refractivity contribution in [1.82, 2.24) is 24.1 Å². The van der Waals surface area contributed by atoms with E-state index in [1.165, 1.54) is 41.1 Å². The molecule has 0 N–H and O–H groups in total. The summed E-state index contributed by atoms with van der Waals surface area (Å²) in [5.74, 6) is 4.53. The molecule has 6 heteroatoms. The predicted octanol–water partition coefficient (Wildman–Crippen LogP) is 11.7. The molecule has 0 atom stereocenters. The Morgan fingerprint density at radius 3 is 1.71 bits per heavy atom. The highest BCUT2D eigenvalue weighted by Crippen LogP contribution is 2.60. The van der Waals surface area contributed by atoms with Crippen molar-refractivity contribution >= 4 is 43.6 Å². The Kier molecular flexibility index (Phi) is 6.78. The lowest BCUT2D eigenvalue weighted by atomic mass is 9.49. The van der Waals surface area contributed by atoms with E-state index in [9.17, 15) is 5.26 Å². The molecule has 0 unspecified atom stereocenters. The predicted molar refractivity (Wildman–Crippen MR) is 224 cm³/mol. The molecule has 0 aliphatic heterocycles. The number of nitriles is 1. The van der Waals surface area contributed by atoms with E-state index >= 15 is 0 Å². The maximum absolute atomic E-state index is 10.3. The van der Waals surface area contributed by atoms with Gasteiger partial charge < -0.3 is 9.13 Å². The Hall–Kier alpha value is -6.58. The summed E-state index contributed by atoms with van der Waals surface area (Å²) in [6.07, 6.45) is 7.52. The second-order valence-electron chi connectivity index (χ2n) is 16.6. The van der Waals surface area contributed by atoms with Crippen LogP contribution in [0.4, 0.5) is 0 Å². The van der Waals surface area contributed by atoms with Crippen LogP contribution in [0.5, 0.6) is 0 Å². The minimum absolute atomic E-state index is 0.0287. The fourth-order valence-electron chi connectivity index (χ4n) is 11.4. The molecule has 3 aromatic heterocycles. The SMILES string of the molecule is N#Cc1ccc(-n2c3ccccc3c3cc(-n4c5ccccc5c5ccccc54)ccc32)c(-c2nc(-c3ccccc3)nc(C34CC5CC(CC(C5)C3)C4)n2)c1. The molecule has 6 aromatic carbocycles. The number of hydrogen-bond donors (Lipinski definition) is 0. The number of benzene rings is 6. The van der Waals surface area contributed by atoms with Crippen molar-refractivity contribution < 1.29 is 0 Å². The largest absolute Gasteiger partial charge is 0.309 e. The number of fused-ring (bicyclic) bond motifs is 6. The topological polar surface area (TPSA) is 72.3 Å². The fourth-order valence-corrected chi connectivity index (χ4v) is 11.4. The smallest absolute Gasteiger partial charge is 0.165 e. The van der Waals surface area contributed by atoms with Gasteiger partial charge in [-0.25, -0.2) is 15.0 Å². The lowest BCUT2D eigenvalue weighted by Crippen LogP contribution is -2.49. The van der Waals surface area contributed by atoms with Gasteiger partial charge >= 0.3 is 0 Å². The quantitative estimate of drug-likeness (QED) is 0.177.